The second kappa shape index (κ2) is 39.4. The topological polar surface area (TPSA) is 0 Å². The first-order valence-electron chi connectivity index (χ1n) is 23.9. The van der Waals surface area contributed by atoms with Crippen molar-refractivity contribution in [2.45, 2.75) is 284 Å². The molecule has 0 spiro atoms. The van der Waals surface area contributed by atoms with Gasteiger partial charge in [0.25, 0.3) is 0 Å². The Morgan fingerprint density at radius 3 is 0.560 bits per heavy atom. The highest BCUT2D eigenvalue weighted by Gasteiger charge is 2.04. The fourth-order valence-electron chi connectivity index (χ4n) is 8.11. The van der Waals surface area contributed by atoms with E-state index in [1.807, 2.05) is 0 Å². The van der Waals surface area contributed by atoms with Crippen molar-refractivity contribution in [3.63, 3.8) is 0 Å². The molecule has 0 heteroatoms. The van der Waals surface area contributed by atoms with Gasteiger partial charge in [0.2, 0.25) is 0 Å². The van der Waals surface area contributed by atoms with Crippen molar-refractivity contribution >= 4 is 0 Å². The fraction of sp³-hybridized carbons (Fsp3) is 0.880. The summed E-state index contributed by atoms with van der Waals surface area (Å²) in [4.78, 5) is 0. The van der Waals surface area contributed by atoms with Crippen LogP contribution in [0, 0.1) is 0 Å². The minimum atomic E-state index is 1.27. The van der Waals surface area contributed by atoms with Crippen LogP contribution >= 0.6 is 0 Å². The molecule has 0 heterocycles. The van der Waals surface area contributed by atoms with Crippen LogP contribution < -0.4 is 0 Å². The second-order valence-corrected chi connectivity index (χ2v) is 16.8. The molecule has 0 N–H and O–H groups in total. The maximum absolute atomic E-state index is 2.58. The normalized spacial score (nSPS) is 11.6. The van der Waals surface area contributed by atoms with Gasteiger partial charge in [-0.25, -0.2) is 0 Å². The van der Waals surface area contributed by atoms with Crippen molar-refractivity contribution in [2.24, 2.45) is 0 Å². The first kappa shape index (κ1) is 47.2. The van der Waals surface area contributed by atoms with Crippen LogP contribution in [0.25, 0.3) is 0 Å². The summed E-state index contributed by atoms with van der Waals surface area (Å²) in [5, 5.41) is 0. The third-order valence-corrected chi connectivity index (χ3v) is 11.6. The molecule has 0 aromatic heterocycles. The van der Waals surface area contributed by atoms with Crippen LogP contribution in [0.5, 0.6) is 0 Å². The summed E-state index contributed by atoms with van der Waals surface area (Å²) in [6, 6.07) is 7.70. The van der Waals surface area contributed by atoms with E-state index >= 15 is 0 Å². The lowest BCUT2D eigenvalue weighted by Crippen LogP contribution is -1.96. The summed E-state index contributed by atoms with van der Waals surface area (Å²) in [6.45, 7) is 6.96. The summed E-state index contributed by atoms with van der Waals surface area (Å²) < 4.78 is 0. The summed E-state index contributed by atoms with van der Waals surface area (Å²) in [5.41, 5.74) is 4.88. The molecule has 0 aliphatic heterocycles. The first-order valence-corrected chi connectivity index (χ1v) is 23.9. The monoisotopic (exact) mass is 695 g/mol. The van der Waals surface area contributed by atoms with Gasteiger partial charge < -0.3 is 0 Å². The molecule has 1 rings (SSSR count). The third-order valence-electron chi connectivity index (χ3n) is 11.6. The standard InChI is InChI=1S/C50H94/c1-4-7-10-12-14-16-18-20-22-24-26-28-30-32-34-36-38-40-43-49-45-48(42-9-6-3)46-50(47-49)44-41-39-37-35-33-31-29-27-25-23-21-19-17-15-13-11-8-5-2/h45-47H,4-44H2,1-3H3. The van der Waals surface area contributed by atoms with Crippen LogP contribution in [0.15, 0.2) is 18.2 Å². The summed E-state index contributed by atoms with van der Waals surface area (Å²) in [6.07, 6.45) is 59.0. The molecule has 0 nitrogen and oxygen atoms in total. The zero-order valence-electron chi connectivity index (χ0n) is 35.2. The van der Waals surface area contributed by atoms with E-state index in [0.717, 1.165) is 0 Å². The van der Waals surface area contributed by atoms with Crippen LogP contribution in [0.1, 0.15) is 281 Å². The molecule has 50 heavy (non-hydrogen) atoms. The van der Waals surface area contributed by atoms with Gasteiger partial charge in [-0.1, -0.05) is 264 Å². The fourth-order valence-corrected chi connectivity index (χ4v) is 8.11. The molecule has 0 aliphatic rings. The zero-order valence-corrected chi connectivity index (χ0v) is 35.2. The van der Waals surface area contributed by atoms with E-state index in [1.54, 1.807) is 16.7 Å². The molecule has 0 amide bonds. The lowest BCUT2D eigenvalue weighted by molar-refractivity contribution is 0.525. The minimum Gasteiger partial charge on any atom is -0.0654 e. The predicted molar refractivity (Wildman–Crippen MR) is 230 cm³/mol. The number of aryl methyl sites for hydroxylation is 3. The van der Waals surface area contributed by atoms with Crippen molar-refractivity contribution in [3.05, 3.63) is 34.9 Å². The van der Waals surface area contributed by atoms with Crippen molar-refractivity contribution in [1.29, 1.82) is 0 Å². The van der Waals surface area contributed by atoms with Crippen LogP contribution in [0.4, 0.5) is 0 Å². The van der Waals surface area contributed by atoms with E-state index < -0.39 is 0 Å². The number of benzene rings is 1. The van der Waals surface area contributed by atoms with Crippen LogP contribution in [-0.2, 0) is 19.3 Å². The largest absolute Gasteiger partial charge is 0.0654 e. The molecule has 0 unspecified atom stereocenters. The highest BCUT2D eigenvalue weighted by Crippen LogP contribution is 2.20. The maximum Gasteiger partial charge on any atom is -0.0279 e. The van der Waals surface area contributed by atoms with E-state index in [0.29, 0.717) is 0 Å². The van der Waals surface area contributed by atoms with Gasteiger partial charge in [0.05, 0.1) is 0 Å². The lowest BCUT2D eigenvalue weighted by Gasteiger charge is -2.11. The average Bonchev–Trinajstić information content (AvgIpc) is 3.13. The van der Waals surface area contributed by atoms with E-state index in [2.05, 4.69) is 39.0 Å². The van der Waals surface area contributed by atoms with Gasteiger partial charge in [-0.3, -0.25) is 0 Å². The van der Waals surface area contributed by atoms with Crippen molar-refractivity contribution in [3.8, 4) is 0 Å². The van der Waals surface area contributed by atoms with Crippen LogP contribution in [0.3, 0.4) is 0 Å². The van der Waals surface area contributed by atoms with Gasteiger partial charge in [0.15, 0.2) is 0 Å². The van der Waals surface area contributed by atoms with Crippen molar-refractivity contribution in [2.75, 3.05) is 0 Å². The van der Waals surface area contributed by atoms with Gasteiger partial charge in [0.1, 0.15) is 0 Å². The summed E-state index contributed by atoms with van der Waals surface area (Å²) in [7, 11) is 0. The predicted octanol–water partition coefficient (Wildman–Crippen LogP) is 18.2. The molecular formula is C50H94. The maximum atomic E-state index is 2.58. The third kappa shape index (κ3) is 33.1. The Morgan fingerprint density at radius 1 is 0.200 bits per heavy atom. The quantitative estimate of drug-likeness (QED) is 0.0599. The Bertz CT molecular complexity index is 718. The number of hydrogen-bond acceptors (Lipinski definition) is 0. The number of rotatable bonds is 41. The molecule has 1 aromatic carbocycles. The molecule has 1 aromatic rings. The van der Waals surface area contributed by atoms with E-state index in [4.69, 9.17) is 0 Å². The van der Waals surface area contributed by atoms with Gasteiger partial charge in [-0.2, -0.15) is 0 Å². The highest BCUT2D eigenvalue weighted by atomic mass is 14.1. The average molecular weight is 695 g/mol. The van der Waals surface area contributed by atoms with E-state index in [-0.39, 0.29) is 0 Å². The molecular weight excluding hydrogens is 601 g/mol. The molecule has 0 fully saturated rings. The van der Waals surface area contributed by atoms with Gasteiger partial charge >= 0.3 is 0 Å². The van der Waals surface area contributed by atoms with Crippen molar-refractivity contribution < 1.29 is 0 Å². The Labute approximate surface area is 317 Å². The molecule has 0 saturated carbocycles. The summed E-state index contributed by atoms with van der Waals surface area (Å²) >= 11 is 0. The molecule has 0 bridgehead atoms. The summed E-state index contributed by atoms with van der Waals surface area (Å²) in [5.74, 6) is 0. The van der Waals surface area contributed by atoms with Crippen LogP contribution in [-0.4, -0.2) is 0 Å². The smallest absolute Gasteiger partial charge is 0.0279 e. The Balaban J connectivity index is 2.02. The highest BCUT2D eigenvalue weighted by molar-refractivity contribution is 5.30. The number of unbranched alkanes of at least 4 members (excludes halogenated alkanes) is 35. The number of hydrogen-bond donors (Lipinski definition) is 0. The van der Waals surface area contributed by atoms with E-state index in [1.165, 1.54) is 263 Å². The zero-order chi connectivity index (χ0) is 35.8. The Kier molecular flexibility index (Phi) is 37.3. The second-order valence-electron chi connectivity index (χ2n) is 16.8. The first-order chi connectivity index (χ1) is 24.8. The Hall–Kier alpha value is -0.780. The molecule has 0 atom stereocenters. The van der Waals surface area contributed by atoms with Gasteiger partial charge in [0, 0.05) is 0 Å². The Morgan fingerprint density at radius 2 is 0.360 bits per heavy atom. The van der Waals surface area contributed by atoms with Crippen molar-refractivity contribution in [1.82, 2.24) is 0 Å². The van der Waals surface area contributed by atoms with E-state index in [9.17, 15) is 0 Å². The van der Waals surface area contributed by atoms with Gasteiger partial charge in [-0.05, 0) is 55.2 Å². The molecule has 294 valence electrons. The molecule has 0 saturated heterocycles. The van der Waals surface area contributed by atoms with Gasteiger partial charge in [-0.15, -0.1) is 0 Å². The molecule has 0 aliphatic carbocycles. The van der Waals surface area contributed by atoms with Crippen LogP contribution in [0.2, 0.25) is 0 Å². The molecule has 0 radical (unpaired) electrons. The lowest BCUT2D eigenvalue weighted by atomic mass is 9.95. The SMILES string of the molecule is CCCCCCCCCCCCCCCCCCCCc1cc(CCCC)cc(CCCCCCCCCCCCCCCCCCCC)c1. The minimum absolute atomic E-state index is 1.27.